The molecule has 1 atom stereocenters. The van der Waals surface area contributed by atoms with Gasteiger partial charge < -0.3 is 15.2 Å². The molecule has 106 valence electrons. The van der Waals surface area contributed by atoms with E-state index >= 15 is 0 Å². The van der Waals surface area contributed by atoms with E-state index in [2.05, 4.69) is 18.3 Å². The van der Waals surface area contributed by atoms with E-state index in [9.17, 15) is 4.79 Å². The molecule has 0 bridgehead atoms. The summed E-state index contributed by atoms with van der Waals surface area (Å²) < 4.78 is 5.29. The monoisotopic (exact) mass is 265 g/mol. The van der Waals surface area contributed by atoms with Gasteiger partial charge in [0.1, 0.15) is 5.75 Å². The normalized spacial score (nSPS) is 12.2. The minimum absolute atomic E-state index is 0.140. The van der Waals surface area contributed by atoms with E-state index in [0.717, 1.165) is 18.7 Å². The first-order chi connectivity index (χ1) is 9.06. The van der Waals surface area contributed by atoms with Crippen molar-refractivity contribution in [1.29, 1.82) is 0 Å². The molecule has 0 aliphatic carbocycles. The van der Waals surface area contributed by atoms with Gasteiger partial charge in [-0.15, -0.1) is 0 Å². The van der Waals surface area contributed by atoms with Crippen molar-refractivity contribution in [1.82, 2.24) is 5.32 Å². The SMILES string of the molecule is CCc1cc(CNCC(C)CC(=O)O)ccc1OC. The number of methoxy groups -OCH3 is 1. The quantitative estimate of drug-likeness (QED) is 0.758. The first-order valence-corrected chi connectivity index (χ1v) is 6.65. The van der Waals surface area contributed by atoms with Crippen LogP contribution in [0.3, 0.4) is 0 Å². The Morgan fingerprint density at radius 1 is 1.47 bits per heavy atom. The van der Waals surface area contributed by atoms with Crippen LogP contribution in [0.15, 0.2) is 18.2 Å². The molecule has 0 amide bonds. The maximum atomic E-state index is 10.6. The van der Waals surface area contributed by atoms with Gasteiger partial charge in [-0.3, -0.25) is 4.79 Å². The van der Waals surface area contributed by atoms with Gasteiger partial charge in [0.05, 0.1) is 7.11 Å². The maximum absolute atomic E-state index is 10.6. The molecule has 4 nitrogen and oxygen atoms in total. The Bertz CT molecular complexity index is 418. The second-order valence-electron chi connectivity index (χ2n) is 4.83. The van der Waals surface area contributed by atoms with E-state index in [1.807, 2.05) is 19.1 Å². The van der Waals surface area contributed by atoms with Crippen molar-refractivity contribution in [3.05, 3.63) is 29.3 Å². The van der Waals surface area contributed by atoms with Gasteiger partial charge in [-0.1, -0.05) is 26.0 Å². The molecule has 0 aliphatic heterocycles. The Balaban J connectivity index is 2.47. The molecule has 1 aromatic rings. The summed E-state index contributed by atoms with van der Waals surface area (Å²) in [6.07, 6.45) is 1.14. The summed E-state index contributed by atoms with van der Waals surface area (Å²) in [5.74, 6) is 0.318. The van der Waals surface area contributed by atoms with Crippen LogP contribution >= 0.6 is 0 Å². The summed E-state index contributed by atoms with van der Waals surface area (Å²) in [6.45, 7) is 5.50. The third-order valence-corrected chi connectivity index (χ3v) is 3.07. The molecule has 2 N–H and O–H groups in total. The summed E-state index contributed by atoms with van der Waals surface area (Å²) in [4.78, 5) is 10.6. The predicted molar refractivity (Wildman–Crippen MR) is 75.5 cm³/mol. The third-order valence-electron chi connectivity index (χ3n) is 3.07. The molecule has 0 radical (unpaired) electrons. The van der Waals surface area contributed by atoms with Gasteiger partial charge in [0.25, 0.3) is 0 Å². The van der Waals surface area contributed by atoms with Crippen LogP contribution in [-0.4, -0.2) is 24.7 Å². The molecule has 0 saturated heterocycles. The number of rotatable bonds is 8. The third kappa shape index (κ3) is 5.30. The lowest BCUT2D eigenvalue weighted by Gasteiger charge is -2.12. The summed E-state index contributed by atoms with van der Waals surface area (Å²) in [5, 5.41) is 12.0. The van der Waals surface area contributed by atoms with Crippen LogP contribution in [-0.2, 0) is 17.8 Å². The molecule has 4 heteroatoms. The zero-order valence-corrected chi connectivity index (χ0v) is 11.9. The lowest BCUT2D eigenvalue weighted by Crippen LogP contribution is -2.22. The first-order valence-electron chi connectivity index (χ1n) is 6.65. The minimum atomic E-state index is -0.744. The number of benzene rings is 1. The number of aryl methyl sites for hydroxylation is 1. The molecule has 1 aromatic carbocycles. The molecular formula is C15H23NO3. The summed E-state index contributed by atoms with van der Waals surface area (Å²) >= 11 is 0. The van der Waals surface area contributed by atoms with Gasteiger partial charge >= 0.3 is 5.97 Å². The van der Waals surface area contributed by atoms with Crippen LogP contribution in [0.2, 0.25) is 0 Å². The fourth-order valence-electron chi connectivity index (χ4n) is 2.05. The fraction of sp³-hybridized carbons (Fsp3) is 0.533. The molecule has 1 unspecified atom stereocenters. The average Bonchev–Trinajstić information content (AvgIpc) is 2.37. The van der Waals surface area contributed by atoms with Crippen LogP contribution < -0.4 is 10.1 Å². The van der Waals surface area contributed by atoms with E-state index in [1.165, 1.54) is 11.1 Å². The van der Waals surface area contributed by atoms with Crippen LogP contribution in [0, 0.1) is 5.92 Å². The highest BCUT2D eigenvalue weighted by Crippen LogP contribution is 2.20. The van der Waals surface area contributed by atoms with Crippen LogP contribution in [0.4, 0.5) is 0 Å². The van der Waals surface area contributed by atoms with Crippen molar-refractivity contribution in [3.8, 4) is 5.75 Å². The van der Waals surface area contributed by atoms with E-state index in [4.69, 9.17) is 9.84 Å². The summed E-state index contributed by atoms with van der Waals surface area (Å²) in [5.41, 5.74) is 2.39. The fourth-order valence-corrected chi connectivity index (χ4v) is 2.05. The predicted octanol–water partition coefficient (Wildman–Crippen LogP) is 2.46. The van der Waals surface area contributed by atoms with Gasteiger partial charge in [-0.2, -0.15) is 0 Å². The van der Waals surface area contributed by atoms with Crippen molar-refractivity contribution in [2.45, 2.75) is 33.2 Å². The number of carboxylic acid groups (broad SMARTS) is 1. The van der Waals surface area contributed by atoms with Gasteiger partial charge in [0, 0.05) is 13.0 Å². The lowest BCUT2D eigenvalue weighted by molar-refractivity contribution is -0.137. The van der Waals surface area contributed by atoms with Crippen molar-refractivity contribution < 1.29 is 14.6 Å². The molecule has 0 saturated carbocycles. The van der Waals surface area contributed by atoms with E-state index in [0.29, 0.717) is 6.54 Å². The van der Waals surface area contributed by atoms with E-state index in [1.54, 1.807) is 7.11 Å². The Morgan fingerprint density at radius 2 is 2.21 bits per heavy atom. The Labute approximate surface area is 114 Å². The first kappa shape index (κ1) is 15.5. The number of hydrogen-bond acceptors (Lipinski definition) is 3. The van der Waals surface area contributed by atoms with Gasteiger partial charge in [-0.05, 0) is 36.1 Å². The number of aliphatic carboxylic acids is 1. The second-order valence-corrected chi connectivity index (χ2v) is 4.83. The smallest absolute Gasteiger partial charge is 0.303 e. The highest BCUT2D eigenvalue weighted by molar-refractivity contribution is 5.66. The number of carbonyl (C=O) groups is 1. The molecule has 1 rings (SSSR count). The molecule has 0 fully saturated rings. The van der Waals surface area contributed by atoms with E-state index in [-0.39, 0.29) is 12.3 Å². The van der Waals surface area contributed by atoms with Crippen molar-refractivity contribution >= 4 is 5.97 Å². The second kappa shape index (κ2) is 7.79. The highest BCUT2D eigenvalue weighted by atomic mass is 16.5. The van der Waals surface area contributed by atoms with Crippen molar-refractivity contribution in [2.24, 2.45) is 5.92 Å². The molecule has 0 aliphatic rings. The van der Waals surface area contributed by atoms with Crippen molar-refractivity contribution in [3.63, 3.8) is 0 Å². The van der Waals surface area contributed by atoms with Gasteiger partial charge in [0.2, 0.25) is 0 Å². The molecule has 0 spiro atoms. The Kier molecular flexibility index (Phi) is 6.36. The number of carboxylic acids is 1. The van der Waals surface area contributed by atoms with E-state index < -0.39 is 5.97 Å². The Hall–Kier alpha value is -1.55. The summed E-state index contributed by atoms with van der Waals surface area (Å²) in [7, 11) is 1.68. The van der Waals surface area contributed by atoms with Gasteiger partial charge in [-0.25, -0.2) is 0 Å². The van der Waals surface area contributed by atoms with Crippen LogP contribution in [0.1, 0.15) is 31.4 Å². The topological polar surface area (TPSA) is 58.6 Å². The summed E-state index contributed by atoms with van der Waals surface area (Å²) in [6, 6.07) is 6.15. The number of ether oxygens (including phenoxy) is 1. The standard InChI is InChI=1S/C15H23NO3/c1-4-13-8-12(5-6-14(13)19-3)10-16-9-11(2)7-15(17)18/h5-6,8,11,16H,4,7,9-10H2,1-3H3,(H,17,18). The zero-order chi connectivity index (χ0) is 14.3. The number of hydrogen-bond donors (Lipinski definition) is 2. The molecule has 19 heavy (non-hydrogen) atoms. The largest absolute Gasteiger partial charge is 0.496 e. The molecule has 0 aromatic heterocycles. The van der Waals surface area contributed by atoms with Crippen LogP contribution in [0.5, 0.6) is 5.75 Å². The molecular weight excluding hydrogens is 242 g/mol. The minimum Gasteiger partial charge on any atom is -0.496 e. The average molecular weight is 265 g/mol. The lowest BCUT2D eigenvalue weighted by atomic mass is 10.1. The van der Waals surface area contributed by atoms with Crippen molar-refractivity contribution in [2.75, 3.05) is 13.7 Å². The molecule has 0 heterocycles. The number of nitrogens with one attached hydrogen (secondary N) is 1. The Morgan fingerprint density at radius 3 is 2.79 bits per heavy atom. The van der Waals surface area contributed by atoms with Crippen LogP contribution in [0.25, 0.3) is 0 Å². The highest BCUT2D eigenvalue weighted by Gasteiger charge is 2.07. The zero-order valence-electron chi connectivity index (χ0n) is 11.9. The maximum Gasteiger partial charge on any atom is 0.303 e. The van der Waals surface area contributed by atoms with Gasteiger partial charge in [0.15, 0.2) is 0 Å².